The van der Waals surface area contributed by atoms with Crippen molar-refractivity contribution in [2.75, 3.05) is 21.1 Å². The lowest BCUT2D eigenvalue weighted by molar-refractivity contribution is -0.133. The molecule has 2 amide bonds. The van der Waals surface area contributed by atoms with E-state index in [-0.39, 0.29) is 55.0 Å². The largest absolute Gasteiger partial charge is 0.359 e. The zero-order valence-corrected chi connectivity index (χ0v) is 14.8. The molecule has 0 heterocycles. The lowest BCUT2D eigenvalue weighted by Crippen LogP contribution is -2.26. The number of hydrogen-bond acceptors (Lipinski definition) is 4. The number of nitrogens with zero attached hydrogens (tertiary/aromatic N) is 1. The first-order chi connectivity index (χ1) is 10.8. The second-order valence-corrected chi connectivity index (χ2v) is 6.16. The predicted molar refractivity (Wildman–Crippen MR) is 88.9 cm³/mol. The van der Waals surface area contributed by atoms with E-state index in [1.165, 1.54) is 11.9 Å². The Morgan fingerprint density at radius 2 is 1.52 bits per heavy atom. The Kier molecular flexibility index (Phi) is 10.9. The molecule has 0 fully saturated rings. The molecule has 0 aliphatic heterocycles. The SMILES string of the molecule is CCCCCC(CC(=O)CC(=O)NC)CC(=O)CC(=O)N(C)C. The number of carbonyl (C=O) groups is 4. The van der Waals surface area contributed by atoms with Crippen LogP contribution in [0, 0.1) is 5.92 Å². The van der Waals surface area contributed by atoms with Crippen LogP contribution in [-0.2, 0) is 19.2 Å². The normalized spacial score (nSPS) is 11.7. The maximum absolute atomic E-state index is 12.0. The zero-order valence-electron chi connectivity index (χ0n) is 14.8. The van der Waals surface area contributed by atoms with Crippen LogP contribution in [0.5, 0.6) is 0 Å². The van der Waals surface area contributed by atoms with E-state index < -0.39 is 0 Å². The first kappa shape index (κ1) is 21.3. The molecule has 0 aromatic rings. The number of nitrogens with one attached hydrogen (secondary N) is 1. The number of Topliss-reactive ketones (excluding diaryl/α,β-unsaturated/α-hetero) is 2. The number of carbonyl (C=O) groups excluding carboxylic acids is 4. The smallest absolute Gasteiger partial charge is 0.229 e. The fourth-order valence-electron chi connectivity index (χ4n) is 2.34. The molecule has 1 atom stereocenters. The van der Waals surface area contributed by atoms with Crippen LogP contribution in [0.2, 0.25) is 0 Å². The van der Waals surface area contributed by atoms with Gasteiger partial charge in [-0.2, -0.15) is 0 Å². The van der Waals surface area contributed by atoms with E-state index in [4.69, 9.17) is 0 Å². The first-order valence-corrected chi connectivity index (χ1v) is 8.24. The molecule has 0 bridgehead atoms. The molecular weight excluding hydrogens is 296 g/mol. The van der Waals surface area contributed by atoms with Gasteiger partial charge in [-0.25, -0.2) is 0 Å². The highest BCUT2D eigenvalue weighted by Gasteiger charge is 2.20. The molecule has 0 rings (SSSR count). The molecule has 0 aliphatic carbocycles. The van der Waals surface area contributed by atoms with Gasteiger partial charge in [-0.05, 0) is 12.3 Å². The van der Waals surface area contributed by atoms with Crippen LogP contribution in [0.25, 0.3) is 0 Å². The molecule has 1 N–H and O–H groups in total. The van der Waals surface area contributed by atoms with E-state index in [0.717, 1.165) is 25.7 Å². The van der Waals surface area contributed by atoms with Gasteiger partial charge in [0.25, 0.3) is 0 Å². The summed E-state index contributed by atoms with van der Waals surface area (Å²) in [4.78, 5) is 48.2. The highest BCUT2D eigenvalue weighted by molar-refractivity contribution is 5.99. The average molecular weight is 326 g/mol. The Morgan fingerprint density at radius 3 is 2.00 bits per heavy atom. The minimum Gasteiger partial charge on any atom is -0.359 e. The maximum atomic E-state index is 12.0. The summed E-state index contributed by atoms with van der Waals surface area (Å²) < 4.78 is 0. The van der Waals surface area contributed by atoms with Crippen LogP contribution in [0.3, 0.4) is 0 Å². The van der Waals surface area contributed by atoms with Crippen molar-refractivity contribution in [3.05, 3.63) is 0 Å². The third kappa shape index (κ3) is 10.6. The van der Waals surface area contributed by atoms with Gasteiger partial charge in [0.2, 0.25) is 11.8 Å². The summed E-state index contributed by atoms with van der Waals surface area (Å²) in [5.74, 6) is -0.910. The number of rotatable bonds is 12. The van der Waals surface area contributed by atoms with Crippen molar-refractivity contribution >= 4 is 23.4 Å². The highest BCUT2D eigenvalue weighted by atomic mass is 16.2. The van der Waals surface area contributed by atoms with Gasteiger partial charge in [-0.3, -0.25) is 19.2 Å². The van der Waals surface area contributed by atoms with Crippen molar-refractivity contribution in [2.24, 2.45) is 5.92 Å². The number of unbranched alkanes of at least 4 members (excludes halogenated alkanes) is 2. The van der Waals surface area contributed by atoms with Gasteiger partial charge >= 0.3 is 0 Å². The van der Waals surface area contributed by atoms with E-state index in [1.807, 2.05) is 0 Å². The molecule has 0 radical (unpaired) electrons. The molecule has 132 valence electrons. The zero-order chi connectivity index (χ0) is 17.8. The molecular formula is C17H30N2O4. The van der Waals surface area contributed by atoms with E-state index >= 15 is 0 Å². The minimum absolute atomic E-state index is 0.0823. The van der Waals surface area contributed by atoms with Crippen LogP contribution in [0.15, 0.2) is 0 Å². The molecule has 0 spiro atoms. The summed E-state index contributed by atoms with van der Waals surface area (Å²) in [6.45, 7) is 2.09. The third-order valence-corrected chi connectivity index (χ3v) is 3.73. The first-order valence-electron chi connectivity index (χ1n) is 8.24. The molecule has 0 saturated heterocycles. The summed E-state index contributed by atoms with van der Waals surface area (Å²) in [6.07, 6.45) is 4.00. The second-order valence-electron chi connectivity index (χ2n) is 6.16. The van der Waals surface area contributed by atoms with Crippen LogP contribution in [0.4, 0.5) is 0 Å². The molecule has 1 unspecified atom stereocenters. The Bertz CT molecular complexity index is 419. The standard InChI is InChI=1S/C17H30N2O4/c1-5-6-7-8-13(9-14(20)11-16(22)18-2)10-15(21)12-17(23)19(3)4/h13H,5-12H2,1-4H3,(H,18,22). The quantitative estimate of drug-likeness (QED) is 0.437. The molecule has 0 aromatic carbocycles. The Balaban J connectivity index is 4.54. The van der Waals surface area contributed by atoms with Crippen molar-refractivity contribution in [2.45, 2.75) is 58.3 Å². The monoisotopic (exact) mass is 326 g/mol. The highest BCUT2D eigenvalue weighted by Crippen LogP contribution is 2.20. The fourth-order valence-corrected chi connectivity index (χ4v) is 2.34. The minimum atomic E-state index is -0.309. The maximum Gasteiger partial charge on any atom is 0.229 e. The van der Waals surface area contributed by atoms with Crippen molar-refractivity contribution in [1.82, 2.24) is 10.2 Å². The third-order valence-electron chi connectivity index (χ3n) is 3.73. The molecule has 6 nitrogen and oxygen atoms in total. The molecule has 0 aliphatic rings. The average Bonchev–Trinajstić information content (AvgIpc) is 2.46. The van der Waals surface area contributed by atoms with Gasteiger partial charge in [0.15, 0.2) is 0 Å². The lowest BCUT2D eigenvalue weighted by Gasteiger charge is -2.16. The summed E-state index contributed by atoms with van der Waals surface area (Å²) in [7, 11) is 4.72. The van der Waals surface area contributed by atoms with Gasteiger partial charge in [0, 0.05) is 34.0 Å². The second kappa shape index (κ2) is 11.8. The summed E-state index contributed by atoms with van der Waals surface area (Å²) >= 11 is 0. The van der Waals surface area contributed by atoms with Gasteiger partial charge in [-0.15, -0.1) is 0 Å². The van der Waals surface area contributed by atoms with Crippen molar-refractivity contribution in [3.8, 4) is 0 Å². The van der Waals surface area contributed by atoms with Gasteiger partial charge < -0.3 is 10.2 Å². The number of hydrogen-bond donors (Lipinski definition) is 1. The Hall–Kier alpha value is -1.72. The van der Waals surface area contributed by atoms with Crippen molar-refractivity contribution < 1.29 is 19.2 Å². The summed E-state index contributed by atoms with van der Waals surface area (Å²) in [6, 6.07) is 0. The molecule has 0 aromatic heterocycles. The number of amides is 2. The predicted octanol–water partition coefficient (Wildman–Crippen LogP) is 1.72. The lowest BCUT2D eigenvalue weighted by atomic mass is 9.89. The summed E-state index contributed by atoms with van der Waals surface area (Å²) in [5, 5.41) is 2.42. The van der Waals surface area contributed by atoms with E-state index in [2.05, 4.69) is 12.2 Å². The molecule has 0 saturated carbocycles. The summed E-state index contributed by atoms with van der Waals surface area (Å²) in [5.41, 5.74) is 0. The van der Waals surface area contributed by atoms with Crippen molar-refractivity contribution in [1.29, 1.82) is 0 Å². The van der Waals surface area contributed by atoms with Crippen LogP contribution in [-0.4, -0.2) is 49.4 Å². The Morgan fingerprint density at radius 1 is 0.957 bits per heavy atom. The van der Waals surface area contributed by atoms with Gasteiger partial charge in [-0.1, -0.05) is 26.2 Å². The van der Waals surface area contributed by atoms with Crippen LogP contribution in [0.1, 0.15) is 58.3 Å². The molecule has 23 heavy (non-hydrogen) atoms. The van der Waals surface area contributed by atoms with Crippen molar-refractivity contribution in [3.63, 3.8) is 0 Å². The van der Waals surface area contributed by atoms with E-state index in [0.29, 0.717) is 0 Å². The van der Waals surface area contributed by atoms with Gasteiger partial charge in [0.05, 0.1) is 12.8 Å². The van der Waals surface area contributed by atoms with E-state index in [1.54, 1.807) is 14.1 Å². The fraction of sp³-hybridized carbons (Fsp3) is 0.765. The number of ketones is 2. The van der Waals surface area contributed by atoms with E-state index in [9.17, 15) is 19.2 Å². The Labute approximate surface area is 139 Å². The van der Waals surface area contributed by atoms with Crippen LogP contribution >= 0.6 is 0 Å². The van der Waals surface area contributed by atoms with Gasteiger partial charge in [0.1, 0.15) is 11.6 Å². The molecule has 6 heteroatoms. The van der Waals surface area contributed by atoms with Crippen LogP contribution < -0.4 is 5.32 Å². The topological polar surface area (TPSA) is 83.5 Å².